The molecule has 3 fully saturated rings. The first-order valence-corrected chi connectivity index (χ1v) is 20.2. The molecule has 1 aliphatic carbocycles. The molecule has 55 heavy (non-hydrogen) atoms. The average molecular weight is 744 g/mol. The van der Waals surface area contributed by atoms with Crippen molar-refractivity contribution in [2.75, 3.05) is 55.6 Å². The maximum Gasteiger partial charge on any atom is 0.255 e. The number of allylic oxidation sites excluding steroid dienone is 1. The van der Waals surface area contributed by atoms with Gasteiger partial charge in [-0.1, -0.05) is 37.6 Å². The van der Waals surface area contributed by atoms with Crippen molar-refractivity contribution in [3.05, 3.63) is 93.9 Å². The molecule has 3 amide bonds. The Morgan fingerprint density at radius 2 is 1.55 bits per heavy atom. The first-order chi connectivity index (χ1) is 26.7. The van der Waals surface area contributed by atoms with Crippen LogP contribution in [-0.4, -0.2) is 89.6 Å². The zero-order chi connectivity index (χ0) is 37.8. The molecule has 0 bridgehead atoms. The fourth-order valence-electron chi connectivity index (χ4n) is 9.83. The lowest BCUT2D eigenvalue weighted by molar-refractivity contribution is -0.136. The van der Waals surface area contributed by atoms with Crippen LogP contribution >= 0.6 is 0 Å². The number of fused-ring (bicyclic) bond motifs is 4. The van der Waals surface area contributed by atoms with Gasteiger partial charge in [0.15, 0.2) is 0 Å². The number of nitrogens with zero attached hydrogens (tertiary/aromatic N) is 5. The molecule has 2 N–H and O–H groups in total. The maximum atomic E-state index is 14.9. The van der Waals surface area contributed by atoms with E-state index >= 15 is 0 Å². The molecule has 0 radical (unpaired) electrons. The molecule has 9 rings (SSSR count). The lowest BCUT2D eigenvalue weighted by atomic mass is 9.85. The van der Waals surface area contributed by atoms with Gasteiger partial charge in [-0.15, -0.1) is 5.10 Å². The van der Waals surface area contributed by atoms with E-state index in [0.717, 1.165) is 93.0 Å². The number of amides is 3. The van der Waals surface area contributed by atoms with E-state index in [1.807, 2.05) is 18.2 Å². The summed E-state index contributed by atoms with van der Waals surface area (Å²) in [5.41, 5.74) is 10.9. The number of carbonyl (C=O) groups is 3. The smallest absolute Gasteiger partial charge is 0.255 e. The molecule has 11 heteroatoms. The molecule has 10 nitrogen and oxygen atoms in total. The molecule has 3 saturated heterocycles. The van der Waals surface area contributed by atoms with Gasteiger partial charge >= 0.3 is 0 Å². The Bertz CT molecular complexity index is 2180. The van der Waals surface area contributed by atoms with E-state index in [0.29, 0.717) is 35.8 Å². The first kappa shape index (κ1) is 35.7. The fraction of sp³-hybridized carbons (Fsp3) is 0.455. The third-order valence-corrected chi connectivity index (χ3v) is 12.9. The summed E-state index contributed by atoms with van der Waals surface area (Å²) in [6.45, 7) is 12.1. The molecule has 4 aromatic rings. The molecule has 3 aromatic carbocycles. The zero-order valence-electron chi connectivity index (χ0n) is 31.9. The number of rotatable bonds is 7. The Hall–Kier alpha value is -5.03. The predicted molar refractivity (Wildman–Crippen MR) is 212 cm³/mol. The number of aromatic amines is 1. The van der Waals surface area contributed by atoms with E-state index in [1.54, 1.807) is 4.90 Å². The quantitative estimate of drug-likeness (QED) is 0.215. The van der Waals surface area contributed by atoms with Crippen LogP contribution in [0.25, 0.3) is 16.5 Å². The molecule has 286 valence electrons. The average Bonchev–Trinajstić information content (AvgIpc) is 3.66. The summed E-state index contributed by atoms with van der Waals surface area (Å²) < 4.78 is 14.9. The van der Waals surface area contributed by atoms with Gasteiger partial charge < -0.3 is 14.7 Å². The highest BCUT2D eigenvalue weighted by Crippen LogP contribution is 2.41. The van der Waals surface area contributed by atoms with Crippen LogP contribution in [0.1, 0.15) is 85.0 Å². The van der Waals surface area contributed by atoms with E-state index < -0.39 is 12.0 Å². The number of imide groups is 1. The minimum atomic E-state index is -0.591. The van der Waals surface area contributed by atoms with Crippen molar-refractivity contribution in [1.29, 1.82) is 0 Å². The van der Waals surface area contributed by atoms with Gasteiger partial charge in [-0.25, -0.2) is 0 Å². The number of aryl methyl sites for hydroxylation is 1. The van der Waals surface area contributed by atoms with Crippen LogP contribution in [0.5, 0.6) is 0 Å². The van der Waals surface area contributed by atoms with E-state index in [-0.39, 0.29) is 24.1 Å². The Kier molecular flexibility index (Phi) is 9.44. The highest BCUT2D eigenvalue weighted by Gasteiger charge is 2.39. The van der Waals surface area contributed by atoms with Crippen molar-refractivity contribution in [3.8, 4) is 0 Å². The van der Waals surface area contributed by atoms with Crippen molar-refractivity contribution in [3.63, 3.8) is 0 Å². The number of hydrogen-bond donors (Lipinski definition) is 2. The van der Waals surface area contributed by atoms with Crippen molar-refractivity contribution in [2.45, 2.75) is 71.4 Å². The first-order valence-electron chi connectivity index (χ1n) is 20.2. The largest absolute Gasteiger partial charge is 0.372 e. The van der Waals surface area contributed by atoms with Crippen LogP contribution in [0, 0.1) is 17.8 Å². The standard InChI is InChI=1S/C44H50FN7O3/c1-27(2)33-4-3-5-35-36(12-13-37-41(35)42(45)48-47-37)40(33)29-6-8-31(9-7-29)50-18-16-28(17-19-50)25-49-20-22-51(23-21-49)32-10-11-34-30(24-32)26-52(44(34)55)38-14-15-39(53)46-43(38)54/h6-13,24,27-28,38H,3-5,14-23,25-26H2,1-2H3,(H,47,48)(H,46,53,54)/t38-/m0/s1. The van der Waals surface area contributed by atoms with Crippen LogP contribution in [0.15, 0.2) is 60.2 Å². The number of H-pyrrole nitrogens is 1. The number of nitrogens with one attached hydrogen (secondary N) is 2. The summed E-state index contributed by atoms with van der Waals surface area (Å²) in [4.78, 5) is 46.4. The van der Waals surface area contributed by atoms with Gasteiger partial charge in [0.25, 0.3) is 5.91 Å². The van der Waals surface area contributed by atoms with Gasteiger partial charge in [-0.2, -0.15) is 4.39 Å². The van der Waals surface area contributed by atoms with Crippen LogP contribution in [-0.2, 0) is 22.6 Å². The topological polar surface area (TPSA) is 105 Å². The number of halogens is 1. The summed E-state index contributed by atoms with van der Waals surface area (Å²) in [7, 11) is 0. The Morgan fingerprint density at radius 1 is 0.818 bits per heavy atom. The minimum Gasteiger partial charge on any atom is -0.372 e. The number of anilines is 2. The molecular weight excluding hydrogens is 694 g/mol. The maximum absolute atomic E-state index is 14.9. The van der Waals surface area contributed by atoms with E-state index in [2.05, 4.69) is 80.5 Å². The summed E-state index contributed by atoms with van der Waals surface area (Å²) >= 11 is 0. The van der Waals surface area contributed by atoms with Crippen LogP contribution in [0.4, 0.5) is 15.8 Å². The highest BCUT2D eigenvalue weighted by atomic mass is 19.1. The number of piperidine rings is 2. The normalized spacial score (nSPS) is 21.4. The molecular formula is C44H50FN7O3. The lowest BCUT2D eigenvalue weighted by Crippen LogP contribution is -2.52. The molecule has 0 saturated carbocycles. The molecule has 1 aromatic heterocycles. The minimum absolute atomic E-state index is 0.127. The summed E-state index contributed by atoms with van der Waals surface area (Å²) in [5.74, 6) is -0.101. The number of carbonyl (C=O) groups excluding carboxylic acids is 3. The van der Waals surface area contributed by atoms with E-state index in [1.165, 1.54) is 35.2 Å². The summed E-state index contributed by atoms with van der Waals surface area (Å²) in [6, 6.07) is 18.7. The molecule has 0 spiro atoms. The molecule has 5 heterocycles. The van der Waals surface area contributed by atoms with Crippen LogP contribution in [0.3, 0.4) is 0 Å². The van der Waals surface area contributed by atoms with Crippen molar-refractivity contribution in [2.24, 2.45) is 11.8 Å². The second-order valence-corrected chi connectivity index (χ2v) is 16.4. The highest BCUT2D eigenvalue weighted by molar-refractivity contribution is 6.05. The van der Waals surface area contributed by atoms with Crippen LogP contribution < -0.4 is 15.1 Å². The monoisotopic (exact) mass is 743 g/mol. The third kappa shape index (κ3) is 6.70. The van der Waals surface area contributed by atoms with Crippen molar-refractivity contribution < 1.29 is 18.8 Å². The SMILES string of the molecule is CC(C)C1=C(c2ccc(N3CCC(CN4CCN(c5ccc6c(c5)CN([C@H]5CCC(=O)NC5=O)C6=O)CC4)CC3)cc2)c2ccc3[nH]nc(F)c3c2CCC1. The fourth-order valence-corrected chi connectivity index (χ4v) is 9.83. The second-order valence-electron chi connectivity index (χ2n) is 16.4. The Morgan fingerprint density at radius 3 is 2.29 bits per heavy atom. The summed E-state index contributed by atoms with van der Waals surface area (Å²) in [5, 5.41) is 9.78. The second kappa shape index (κ2) is 14.6. The van der Waals surface area contributed by atoms with Gasteiger partial charge in [-0.3, -0.25) is 29.7 Å². The number of benzene rings is 3. The van der Waals surface area contributed by atoms with E-state index in [4.69, 9.17) is 0 Å². The zero-order valence-corrected chi connectivity index (χ0v) is 31.9. The molecule has 5 aliphatic rings. The summed E-state index contributed by atoms with van der Waals surface area (Å²) in [6.07, 6.45) is 5.84. The molecule has 0 unspecified atom stereocenters. The number of hydrogen-bond acceptors (Lipinski definition) is 7. The Labute approximate surface area is 321 Å². The van der Waals surface area contributed by atoms with Gasteiger partial charge in [0, 0.05) is 75.7 Å². The van der Waals surface area contributed by atoms with E-state index in [9.17, 15) is 18.8 Å². The van der Waals surface area contributed by atoms with Crippen LogP contribution in [0.2, 0.25) is 0 Å². The molecule has 1 atom stereocenters. The third-order valence-electron chi connectivity index (χ3n) is 12.9. The van der Waals surface area contributed by atoms with Gasteiger partial charge in [0.05, 0.1) is 10.9 Å². The number of piperazine rings is 1. The lowest BCUT2D eigenvalue weighted by Gasteiger charge is -2.40. The van der Waals surface area contributed by atoms with Gasteiger partial charge in [-0.05, 0) is 115 Å². The van der Waals surface area contributed by atoms with Gasteiger partial charge in [0.1, 0.15) is 6.04 Å². The van der Waals surface area contributed by atoms with Gasteiger partial charge in [0.2, 0.25) is 17.8 Å². The molecule has 4 aliphatic heterocycles. The van der Waals surface area contributed by atoms with Crippen molar-refractivity contribution >= 4 is 45.6 Å². The Balaban J connectivity index is 0.796. The predicted octanol–water partition coefficient (Wildman–Crippen LogP) is 6.30. The number of aromatic nitrogens is 2. The van der Waals surface area contributed by atoms with Crippen molar-refractivity contribution in [1.82, 2.24) is 25.3 Å².